The summed E-state index contributed by atoms with van der Waals surface area (Å²) in [6.07, 6.45) is 6.55. The molecule has 0 amide bonds. The van der Waals surface area contributed by atoms with Gasteiger partial charge in [-0.2, -0.15) is 0 Å². The van der Waals surface area contributed by atoms with Crippen LogP contribution in [0.1, 0.15) is 52.9 Å². The van der Waals surface area contributed by atoms with Crippen molar-refractivity contribution in [1.29, 1.82) is 0 Å². The summed E-state index contributed by atoms with van der Waals surface area (Å²) < 4.78 is 0. The van der Waals surface area contributed by atoms with Gasteiger partial charge in [0.2, 0.25) is 0 Å². The largest absolute Gasteiger partial charge is 0.303 e. The third-order valence-corrected chi connectivity index (χ3v) is 3.50. The third-order valence-electron chi connectivity index (χ3n) is 3.50. The molecule has 0 N–H and O–H groups in total. The summed E-state index contributed by atoms with van der Waals surface area (Å²) in [6, 6.07) is 0. The van der Waals surface area contributed by atoms with Crippen molar-refractivity contribution < 1.29 is 4.79 Å². The molecule has 0 bridgehead atoms. The first kappa shape index (κ1) is 11.5. The van der Waals surface area contributed by atoms with Gasteiger partial charge in [-0.1, -0.05) is 25.0 Å². The molecular formula is C13H22O. The van der Waals surface area contributed by atoms with Gasteiger partial charge in [-0.05, 0) is 44.4 Å². The Labute approximate surface area is 87.6 Å². The molecule has 1 nitrogen and oxygen atoms in total. The SMILES string of the molecule is CC1=C(CCC=O)CC[C@H](C(C)C)C1. The summed E-state index contributed by atoms with van der Waals surface area (Å²) in [5.74, 6) is 1.67. The molecule has 0 saturated carbocycles. The minimum atomic E-state index is 0.707. The molecule has 0 aromatic heterocycles. The molecule has 0 unspecified atom stereocenters. The van der Waals surface area contributed by atoms with Gasteiger partial charge in [0.1, 0.15) is 6.29 Å². The number of rotatable bonds is 4. The van der Waals surface area contributed by atoms with E-state index < -0.39 is 0 Å². The van der Waals surface area contributed by atoms with Crippen LogP contribution in [-0.4, -0.2) is 6.29 Å². The second-order valence-corrected chi connectivity index (χ2v) is 4.84. The van der Waals surface area contributed by atoms with Crippen molar-refractivity contribution >= 4 is 6.29 Å². The zero-order chi connectivity index (χ0) is 10.6. The molecule has 0 aromatic rings. The third kappa shape index (κ3) is 2.97. The van der Waals surface area contributed by atoms with Crippen molar-refractivity contribution in [2.24, 2.45) is 11.8 Å². The van der Waals surface area contributed by atoms with Gasteiger partial charge in [-0.3, -0.25) is 0 Å². The topological polar surface area (TPSA) is 17.1 Å². The molecule has 14 heavy (non-hydrogen) atoms. The average Bonchev–Trinajstić information content (AvgIpc) is 2.15. The van der Waals surface area contributed by atoms with Gasteiger partial charge < -0.3 is 4.79 Å². The monoisotopic (exact) mass is 194 g/mol. The van der Waals surface area contributed by atoms with E-state index in [4.69, 9.17) is 0 Å². The van der Waals surface area contributed by atoms with Gasteiger partial charge in [0.25, 0.3) is 0 Å². The van der Waals surface area contributed by atoms with E-state index in [1.54, 1.807) is 11.1 Å². The Morgan fingerprint density at radius 3 is 2.71 bits per heavy atom. The van der Waals surface area contributed by atoms with Crippen molar-refractivity contribution in [3.63, 3.8) is 0 Å². The smallest absolute Gasteiger partial charge is 0.120 e. The molecular weight excluding hydrogens is 172 g/mol. The molecule has 1 atom stereocenters. The van der Waals surface area contributed by atoms with E-state index in [9.17, 15) is 4.79 Å². The van der Waals surface area contributed by atoms with Gasteiger partial charge in [-0.25, -0.2) is 0 Å². The highest BCUT2D eigenvalue weighted by atomic mass is 16.1. The summed E-state index contributed by atoms with van der Waals surface area (Å²) in [5.41, 5.74) is 3.10. The average molecular weight is 194 g/mol. The number of hydrogen-bond acceptors (Lipinski definition) is 1. The van der Waals surface area contributed by atoms with Crippen LogP contribution in [0.15, 0.2) is 11.1 Å². The van der Waals surface area contributed by atoms with Crippen LogP contribution >= 0.6 is 0 Å². The number of aldehydes is 1. The molecule has 0 saturated heterocycles. The molecule has 1 aliphatic carbocycles. The van der Waals surface area contributed by atoms with Gasteiger partial charge in [0.15, 0.2) is 0 Å². The van der Waals surface area contributed by atoms with Crippen molar-refractivity contribution in [3.8, 4) is 0 Å². The highest BCUT2D eigenvalue weighted by Gasteiger charge is 2.20. The van der Waals surface area contributed by atoms with E-state index in [-0.39, 0.29) is 0 Å². The first-order chi connectivity index (χ1) is 6.65. The molecule has 1 aliphatic rings. The van der Waals surface area contributed by atoms with E-state index in [1.807, 2.05) is 0 Å². The Balaban J connectivity index is 2.53. The summed E-state index contributed by atoms with van der Waals surface area (Å²) >= 11 is 0. The lowest BCUT2D eigenvalue weighted by Crippen LogP contribution is -2.14. The quantitative estimate of drug-likeness (QED) is 0.492. The van der Waals surface area contributed by atoms with Crippen LogP contribution in [0.5, 0.6) is 0 Å². The van der Waals surface area contributed by atoms with E-state index in [0.29, 0.717) is 6.42 Å². The lowest BCUT2D eigenvalue weighted by atomic mass is 9.78. The molecule has 80 valence electrons. The highest BCUT2D eigenvalue weighted by molar-refractivity contribution is 5.50. The lowest BCUT2D eigenvalue weighted by Gasteiger charge is -2.28. The first-order valence-electron chi connectivity index (χ1n) is 5.76. The maximum Gasteiger partial charge on any atom is 0.120 e. The minimum absolute atomic E-state index is 0.707. The van der Waals surface area contributed by atoms with E-state index in [2.05, 4.69) is 20.8 Å². The van der Waals surface area contributed by atoms with Gasteiger partial charge in [0, 0.05) is 6.42 Å². The molecule has 0 aromatic carbocycles. The normalized spacial score (nSPS) is 23.0. The Hall–Kier alpha value is -0.590. The molecule has 0 spiro atoms. The number of hydrogen-bond donors (Lipinski definition) is 0. The maximum atomic E-state index is 10.3. The molecule has 1 rings (SSSR count). The highest BCUT2D eigenvalue weighted by Crippen LogP contribution is 2.35. The van der Waals surface area contributed by atoms with E-state index in [0.717, 1.165) is 24.5 Å². The van der Waals surface area contributed by atoms with E-state index in [1.165, 1.54) is 19.3 Å². The fourth-order valence-electron chi connectivity index (χ4n) is 2.35. The second kappa shape index (κ2) is 5.33. The zero-order valence-corrected chi connectivity index (χ0v) is 9.68. The molecule has 0 heterocycles. The van der Waals surface area contributed by atoms with Crippen molar-refractivity contribution in [2.45, 2.75) is 52.9 Å². The van der Waals surface area contributed by atoms with Crippen LogP contribution in [-0.2, 0) is 4.79 Å². The van der Waals surface area contributed by atoms with E-state index >= 15 is 0 Å². The Bertz CT molecular complexity index is 225. The maximum absolute atomic E-state index is 10.3. The van der Waals surface area contributed by atoms with Gasteiger partial charge in [-0.15, -0.1) is 0 Å². The zero-order valence-electron chi connectivity index (χ0n) is 9.68. The van der Waals surface area contributed by atoms with Crippen molar-refractivity contribution in [2.75, 3.05) is 0 Å². The standard InChI is InChI=1S/C13H22O/c1-10(2)13-7-6-12(5-4-8-14)11(3)9-13/h8,10,13H,4-7,9H2,1-3H3/t13-/m0/s1. The number of allylic oxidation sites excluding steroid dienone is 2. The predicted octanol–water partition coefficient (Wildman–Crippen LogP) is 3.74. The molecule has 0 aliphatic heterocycles. The summed E-state index contributed by atoms with van der Waals surface area (Å²) in [4.78, 5) is 10.3. The van der Waals surface area contributed by atoms with Crippen LogP contribution in [0.25, 0.3) is 0 Å². The number of carbonyl (C=O) groups excluding carboxylic acids is 1. The van der Waals surface area contributed by atoms with Crippen molar-refractivity contribution in [1.82, 2.24) is 0 Å². The Morgan fingerprint density at radius 2 is 2.21 bits per heavy atom. The minimum Gasteiger partial charge on any atom is -0.303 e. The number of carbonyl (C=O) groups is 1. The van der Waals surface area contributed by atoms with Crippen LogP contribution in [0.2, 0.25) is 0 Å². The predicted molar refractivity (Wildman–Crippen MR) is 60.2 cm³/mol. The summed E-state index contributed by atoms with van der Waals surface area (Å²) in [6.45, 7) is 6.87. The fraction of sp³-hybridized carbons (Fsp3) is 0.769. The van der Waals surface area contributed by atoms with Gasteiger partial charge in [0.05, 0.1) is 0 Å². The van der Waals surface area contributed by atoms with Crippen molar-refractivity contribution in [3.05, 3.63) is 11.1 Å². The molecule has 0 fully saturated rings. The van der Waals surface area contributed by atoms with Gasteiger partial charge >= 0.3 is 0 Å². The first-order valence-corrected chi connectivity index (χ1v) is 5.76. The van der Waals surface area contributed by atoms with Crippen LogP contribution in [0, 0.1) is 11.8 Å². The fourth-order valence-corrected chi connectivity index (χ4v) is 2.35. The summed E-state index contributed by atoms with van der Waals surface area (Å²) in [7, 11) is 0. The molecule has 0 radical (unpaired) electrons. The van der Waals surface area contributed by atoms with Crippen LogP contribution in [0.3, 0.4) is 0 Å². The second-order valence-electron chi connectivity index (χ2n) is 4.84. The van der Waals surface area contributed by atoms with Crippen LogP contribution in [0.4, 0.5) is 0 Å². The molecule has 1 heteroatoms. The lowest BCUT2D eigenvalue weighted by molar-refractivity contribution is -0.107. The Morgan fingerprint density at radius 1 is 1.50 bits per heavy atom. The summed E-state index contributed by atoms with van der Waals surface area (Å²) in [5, 5.41) is 0. The Kier molecular flexibility index (Phi) is 4.37. The van der Waals surface area contributed by atoms with Crippen LogP contribution < -0.4 is 0 Å².